The molecule has 0 amide bonds. The van der Waals surface area contributed by atoms with Gasteiger partial charge in [0.05, 0.1) is 12.1 Å². The number of hydrogen-bond donors (Lipinski definition) is 2. The van der Waals surface area contributed by atoms with Crippen molar-refractivity contribution in [3.63, 3.8) is 0 Å². The van der Waals surface area contributed by atoms with E-state index in [2.05, 4.69) is 69.3 Å². The minimum absolute atomic E-state index is 0.193. The Morgan fingerprint density at radius 2 is 0.972 bits per heavy atom. The molecule has 0 heterocycles. The minimum Gasteiger partial charge on any atom is -0.403 e. The van der Waals surface area contributed by atoms with Gasteiger partial charge in [-0.1, -0.05) is 142 Å². The molecule has 0 aromatic heterocycles. The average molecular weight is 496 g/mol. The molecule has 0 saturated heterocycles. The van der Waals surface area contributed by atoms with E-state index in [-0.39, 0.29) is 5.04 Å². The first-order valence-electron chi connectivity index (χ1n) is 12.6. The van der Waals surface area contributed by atoms with Crippen LogP contribution in [0.4, 0.5) is 0 Å². The van der Waals surface area contributed by atoms with Crippen LogP contribution in [0.2, 0.25) is 5.04 Å². The highest BCUT2D eigenvalue weighted by atomic mass is 28.4. The van der Waals surface area contributed by atoms with Gasteiger partial charge in [0.1, 0.15) is 5.60 Å². The van der Waals surface area contributed by atoms with Crippen molar-refractivity contribution in [2.24, 2.45) is 5.73 Å². The fourth-order valence-electron chi connectivity index (χ4n) is 5.32. The molecule has 0 aliphatic heterocycles. The smallest absolute Gasteiger partial charge is 0.261 e. The van der Waals surface area contributed by atoms with Gasteiger partial charge in [-0.05, 0) is 33.5 Å². The van der Waals surface area contributed by atoms with Crippen LogP contribution in [0, 0.1) is 0 Å². The van der Waals surface area contributed by atoms with Gasteiger partial charge < -0.3 is 15.3 Å². The lowest BCUT2D eigenvalue weighted by molar-refractivity contribution is 0.00537. The van der Waals surface area contributed by atoms with Crippen molar-refractivity contribution in [2.45, 2.75) is 50.5 Å². The standard InChI is InChI=1S/C32H37NO2Si/c1-25(30(33)32(34,26-17-9-5-10-18-26)27-19-11-6-12-20-27)35-36(31(2,3)4,28-21-13-7-14-22-28)29-23-15-8-16-24-29/h5-25,30,34H,33H2,1-4H3. The predicted octanol–water partition coefficient (Wildman–Crippen LogP) is 5.21. The first kappa shape index (κ1) is 26.1. The van der Waals surface area contributed by atoms with E-state index in [9.17, 15) is 5.11 Å². The second-order valence-corrected chi connectivity index (χ2v) is 14.8. The lowest BCUT2D eigenvalue weighted by Gasteiger charge is -2.47. The van der Waals surface area contributed by atoms with Crippen LogP contribution in [0.1, 0.15) is 38.8 Å². The van der Waals surface area contributed by atoms with Gasteiger partial charge in [-0.3, -0.25) is 0 Å². The molecule has 186 valence electrons. The lowest BCUT2D eigenvalue weighted by atomic mass is 9.78. The molecule has 4 rings (SSSR count). The zero-order valence-electron chi connectivity index (χ0n) is 21.6. The molecule has 0 bridgehead atoms. The molecule has 0 spiro atoms. The normalized spacial score (nSPS) is 14.3. The highest BCUT2D eigenvalue weighted by Gasteiger charge is 2.53. The van der Waals surface area contributed by atoms with Crippen LogP contribution >= 0.6 is 0 Å². The summed E-state index contributed by atoms with van der Waals surface area (Å²) >= 11 is 0. The summed E-state index contributed by atoms with van der Waals surface area (Å²) in [4.78, 5) is 0. The van der Waals surface area contributed by atoms with Gasteiger partial charge in [-0.15, -0.1) is 0 Å². The van der Waals surface area contributed by atoms with E-state index in [1.54, 1.807) is 0 Å². The Hall–Kier alpha value is -3.02. The topological polar surface area (TPSA) is 55.5 Å². The highest BCUT2D eigenvalue weighted by molar-refractivity contribution is 6.99. The second-order valence-electron chi connectivity index (χ2n) is 10.5. The summed E-state index contributed by atoms with van der Waals surface area (Å²) in [6.07, 6.45) is -0.457. The van der Waals surface area contributed by atoms with Crippen LogP contribution in [0.15, 0.2) is 121 Å². The largest absolute Gasteiger partial charge is 0.403 e. The minimum atomic E-state index is -2.85. The maximum atomic E-state index is 12.3. The van der Waals surface area contributed by atoms with E-state index < -0.39 is 26.1 Å². The van der Waals surface area contributed by atoms with Crippen molar-refractivity contribution in [1.82, 2.24) is 0 Å². The third kappa shape index (κ3) is 4.70. The Morgan fingerprint density at radius 1 is 0.639 bits per heavy atom. The number of benzene rings is 4. The van der Waals surface area contributed by atoms with Crippen molar-refractivity contribution in [1.29, 1.82) is 0 Å². The van der Waals surface area contributed by atoms with Gasteiger partial charge >= 0.3 is 0 Å². The fraction of sp³-hybridized carbons (Fsp3) is 0.250. The van der Waals surface area contributed by atoms with Gasteiger partial charge in [-0.25, -0.2) is 0 Å². The monoisotopic (exact) mass is 495 g/mol. The first-order valence-corrected chi connectivity index (χ1v) is 14.5. The fourth-order valence-corrected chi connectivity index (χ4v) is 10.0. The van der Waals surface area contributed by atoms with Gasteiger partial charge in [0.15, 0.2) is 0 Å². The molecule has 0 aliphatic rings. The molecule has 0 aliphatic carbocycles. The van der Waals surface area contributed by atoms with Crippen molar-refractivity contribution in [2.75, 3.05) is 0 Å². The number of hydrogen-bond acceptors (Lipinski definition) is 3. The van der Waals surface area contributed by atoms with E-state index in [1.165, 1.54) is 10.4 Å². The maximum absolute atomic E-state index is 12.3. The predicted molar refractivity (Wildman–Crippen MR) is 152 cm³/mol. The number of rotatable bonds is 8. The van der Waals surface area contributed by atoms with Gasteiger partial charge in [0.2, 0.25) is 0 Å². The Labute approximate surface area is 216 Å². The van der Waals surface area contributed by atoms with Crippen molar-refractivity contribution in [3.05, 3.63) is 132 Å². The third-order valence-electron chi connectivity index (χ3n) is 7.20. The van der Waals surface area contributed by atoms with Crippen LogP contribution in [-0.2, 0) is 10.0 Å². The average Bonchev–Trinajstić information content (AvgIpc) is 2.92. The molecular weight excluding hydrogens is 458 g/mol. The summed E-state index contributed by atoms with van der Waals surface area (Å²) in [5.74, 6) is 0. The van der Waals surface area contributed by atoms with E-state index >= 15 is 0 Å². The molecule has 0 saturated carbocycles. The molecule has 2 atom stereocenters. The molecule has 36 heavy (non-hydrogen) atoms. The molecule has 0 fully saturated rings. The summed E-state index contributed by atoms with van der Waals surface area (Å²) in [5, 5.41) is 14.5. The lowest BCUT2D eigenvalue weighted by Crippen LogP contribution is -2.69. The van der Waals surface area contributed by atoms with E-state index in [0.29, 0.717) is 0 Å². The molecular formula is C32H37NO2Si. The van der Waals surface area contributed by atoms with Crippen LogP contribution < -0.4 is 16.1 Å². The molecule has 3 N–H and O–H groups in total. The molecule has 3 nitrogen and oxygen atoms in total. The molecule has 4 aromatic carbocycles. The van der Waals surface area contributed by atoms with Crippen LogP contribution in [0.3, 0.4) is 0 Å². The Kier molecular flexibility index (Phi) is 7.62. The number of aliphatic hydroxyl groups is 1. The molecule has 0 radical (unpaired) electrons. The van der Waals surface area contributed by atoms with Gasteiger partial charge in [0.25, 0.3) is 8.32 Å². The maximum Gasteiger partial charge on any atom is 0.261 e. The van der Waals surface area contributed by atoms with Gasteiger partial charge in [0, 0.05) is 0 Å². The summed E-state index contributed by atoms with van der Waals surface area (Å²) in [6.45, 7) is 8.75. The van der Waals surface area contributed by atoms with Crippen molar-refractivity contribution >= 4 is 18.7 Å². The Balaban J connectivity index is 1.85. The SMILES string of the molecule is CC(O[Si](c1ccccc1)(c1ccccc1)C(C)(C)C)C(N)C(O)(c1ccccc1)c1ccccc1. The van der Waals surface area contributed by atoms with E-state index in [1.807, 2.05) is 79.7 Å². The summed E-state index contributed by atoms with van der Waals surface area (Å²) in [6, 6.07) is 39.7. The quantitative estimate of drug-likeness (QED) is 0.330. The third-order valence-corrected chi connectivity index (χ3v) is 12.3. The van der Waals surface area contributed by atoms with Crippen LogP contribution in [-0.4, -0.2) is 25.6 Å². The Morgan fingerprint density at radius 3 is 1.31 bits per heavy atom. The van der Waals surface area contributed by atoms with Crippen molar-refractivity contribution < 1.29 is 9.53 Å². The summed E-state index contributed by atoms with van der Waals surface area (Å²) in [7, 11) is -2.85. The summed E-state index contributed by atoms with van der Waals surface area (Å²) in [5.41, 5.74) is 7.09. The molecule has 4 aromatic rings. The zero-order valence-corrected chi connectivity index (χ0v) is 22.6. The highest BCUT2D eigenvalue weighted by Crippen LogP contribution is 2.40. The molecule has 2 unspecified atom stereocenters. The second kappa shape index (κ2) is 10.5. The van der Waals surface area contributed by atoms with E-state index in [0.717, 1.165) is 11.1 Å². The van der Waals surface area contributed by atoms with Crippen molar-refractivity contribution in [3.8, 4) is 0 Å². The molecule has 4 heteroatoms. The van der Waals surface area contributed by atoms with E-state index in [4.69, 9.17) is 10.2 Å². The zero-order chi connectivity index (χ0) is 25.8. The van der Waals surface area contributed by atoms with Crippen LogP contribution in [0.25, 0.3) is 0 Å². The Bertz CT molecular complexity index is 1150. The first-order chi connectivity index (χ1) is 17.2. The number of nitrogens with two attached hydrogens (primary N) is 1. The van der Waals surface area contributed by atoms with Crippen LogP contribution in [0.5, 0.6) is 0 Å². The summed E-state index contributed by atoms with van der Waals surface area (Å²) < 4.78 is 7.28. The van der Waals surface area contributed by atoms with Gasteiger partial charge in [-0.2, -0.15) is 0 Å².